The van der Waals surface area contributed by atoms with Gasteiger partial charge in [-0.15, -0.1) is 0 Å². The lowest BCUT2D eigenvalue weighted by Gasteiger charge is -2.29. The molecule has 1 fully saturated rings. The molecule has 3 heteroatoms. The highest BCUT2D eigenvalue weighted by Crippen LogP contribution is 2.38. The predicted molar refractivity (Wildman–Crippen MR) is 73.2 cm³/mol. The number of hydrogen-bond donors (Lipinski definition) is 1. The van der Waals surface area contributed by atoms with Crippen molar-refractivity contribution in [1.29, 1.82) is 0 Å². The Balaban J connectivity index is 2.31. The van der Waals surface area contributed by atoms with Gasteiger partial charge in [-0.05, 0) is 69.2 Å². The molecule has 1 saturated heterocycles. The zero-order chi connectivity index (χ0) is 13.1. The minimum atomic E-state index is -0.137. The van der Waals surface area contributed by atoms with E-state index in [2.05, 4.69) is 17.1 Å². The Morgan fingerprint density at radius 3 is 2.83 bits per heavy atom. The number of likely N-dealkylation sites (tertiary alicyclic amines) is 1. The first-order chi connectivity index (χ1) is 8.67. The van der Waals surface area contributed by atoms with Gasteiger partial charge in [0.2, 0.25) is 0 Å². The summed E-state index contributed by atoms with van der Waals surface area (Å²) in [6, 6.07) is 5.64. The molecule has 0 aliphatic carbocycles. The zero-order valence-corrected chi connectivity index (χ0v) is 11.5. The molecule has 18 heavy (non-hydrogen) atoms. The maximum absolute atomic E-state index is 13.2. The SMILES string of the molecule is CCN1CCC(CNC)C1c1ccc(F)cc1C. The second-order valence-corrected chi connectivity index (χ2v) is 5.18. The Hall–Kier alpha value is -0.930. The van der Waals surface area contributed by atoms with Crippen LogP contribution in [0.3, 0.4) is 0 Å². The molecule has 2 nitrogen and oxygen atoms in total. The fourth-order valence-electron chi connectivity index (χ4n) is 3.18. The minimum absolute atomic E-state index is 0.137. The summed E-state index contributed by atoms with van der Waals surface area (Å²) in [7, 11) is 2.00. The van der Waals surface area contributed by atoms with Crippen molar-refractivity contribution in [2.75, 3.05) is 26.7 Å². The van der Waals surface area contributed by atoms with Crippen molar-refractivity contribution in [3.05, 3.63) is 35.1 Å². The summed E-state index contributed by atoms with van der Waals surface area (Å²) in [4.78, 5) is 2.50. The monoisotopic (exact) mass is 250 g/mol. The van der Waals surface area contributed by atoms with Gasteiger partial charge in [-0.1, -0.05) is 13.0 Å². The van der Waals surface area contributed by atoms with E-state index in [0.29, 0.717) is 12.0 Å². The normalized spacial score (nSPS) is 24.7. The fourth-order valence-corrected chi connectivity index (χ4v) is 3.18. The average molecular weight is 250 g/mol. The summed E-state index contributed by atoms with van der Waals surface area (Å²) in [5.41, 5.74) is 2.36. The predicted octanol–water partition coefficient (Wildman–Crippen LogP) is 2.74. The van der Waals surface area contributed by atoms with Crippen LogP contribution in [0.15, 0.2) is 18.2 Å². The van der Waals surface area contributed by atoms with Crippen molar-refractivity contribution in [3.63, 3.8) is 0 Å². The summed E-state index contributed by atoms with van der Waals surface area (Å²) in [5.74, 6) is 0.488. The lowest BCUT2D eigenvalue weighted by molar-refractivity contribution is 0.237. The molecule has 0 spiro atoms. The molecule has 0 saturated carbocycles. The van der Waals surface area contributed by atoms with Crippen LogP contribution in [0.4, 0.5) is 4.39 Å². The van der Waals surface area contributed by atoms with Crippen LogP contribution in [0.1, 0.15) is 30.5 Å². The second kappa shape index (κ2) is 5.81. The molecule has 1 aromatic carbocycles. The van der Waals surface area contributed by atoms with Crippen molar-refractivity contribution in [1.82, 2.24) is 10.2 Å². The number of benzene rings is 1. The van der Waals surface area contributed by atoms with E-state index in [-0.39, 0.29) is 5.82 Å². The van der Waals surface area contributed by atoms with E-state index in [4.69, 9.17) is 0 Å². The quantitative estimate of drug-likeness (QED) is 0.884. The molecule has 0 aromatic heterocycles. The lowest BCUT2D eigenvalue weighted by atomic mass is 9.90. The van der Waals surface area contributed by atoms with Crippen LogP contribution >= 0.6 is 0 Å². The molecular weight excluding hydrogens is 227 g/mol. The molecule has 0 amide bonds. The highest BCUT2D eigenvalue weighted by atomic mass is 19.1. The van der Waals surface area contributed by atoms with Gasteiger partial charge in [-0.2, -0.15) is 0 Å². The van der Waals surface area contributed by atoms with Crippen LogP contribution in [0, 0.1) is 18.7 Å². The molecule has 1 aliphatic rings. The van der Waals surface area contributed by atoms with Crippen molar-refractivity contribution >= 4 is 0 Å². The Morgan fingerprint density at radius 2 is 2.22 bits per heavy atom. The van der Waals surface area contributed by atoms with E-state index in [9.17, 15) is 4.39 Å². The highest BCUT2D eigenvalue weighted by molar-refractivity contribution is 5.31. The van der Waals surface area contributed by atoms with Gasteiger partial charge in [-0.25, -0.2) is 4.39 Å². The molecule has 1 heterocycles. The molecule has 0 radical (unpaired) electrons. The fraction of sp³-hybridized carbons (Fsp3) is 0.600. The third-order valence-electron chi connectivity index (χ3n) is 4.05. The Kier molecular flexibility index (Phi) is 4.36. The minimum Gasteiger partial charge on any atom is -0.319 e. The summed E-state index contributed by atoms with van der Waals surface area (Å²) in [5, 5.41) is 3.28. The van der Waals surface area contributed by atoms with Crippen molar-refractivity contribution in [3.8, 4) is 0 Å². The van der Waals surface area contributed by atoms with Gasteiger partial charge in [0.05, 0.1) is 0 Å². The summed E-state index contributed by atoms with van der Waals surface area (Å²) in [6.45, 7) is 7.44. The van der Waals surface area contributed by atoms with E-state index < -0.39 is 0 Å². The number of halogens is 1. The molecule has 2 rings (SSSR count). The van der Waals surface area contributed by atoms with Crippen LogP contribution in [0.5, 0.6) is 0 Å². The summed E-state index contributed by atoms with van der Waals surface area (Å²) >= 11 is 0. The molecule has 1 aromatic rings. The van der Waals surface area contributed by atoms with Crippen LogP contribution in [-0.2, 0) is 0 Å². The number of nitrogens with one attached hydrogen (secondary N) is 1. The average Bonchev–Trinajstić information content (AvgIpc) is 2.73. The van der Waals surface area contributed by atoms with E-state index in [0.717, 1.165) is 25.2 Å². The molecule has 1 aliphatic heterocycles. The molecule has 2 atom stereocenters. The van der Waals surface area contributed by atoms with Crippen LogP contribution in [-0.4, -0.2) is 31.6 Å². The van der Waals surface area contributed by atoms with Gasteiger partial charge in [0, 0.05) is 6.04 Å². The molecule has 0 bridgehead atoms. The molecule has 1 N–H and O–H groups in total. The third kappa shape index (κ3) is 2.57. The van der Waals surface area contributed by atoms with Gasteiger partial charge < -0.3 is 5.32 Å². The first-order valence-electron chi connectivity index (χ1n) is 6.82. The smallest absolute Gasteiger partial charge is 0.123 e. The van der Waals surface area contributed by atoms with E-state index >= 15 is 0 Å². The Morgan fingerprint density at radius 1 is 1.44 bits per heavy atom. The molecule has 2 unspecified atom stereocenters. The maximum Gasteiger partial charge on any atom is 0.123 e. The van der Waals surface area contributed by atoms with Gasteiger partial charge in [0.25, 0.3) is 0 Å². The van der Waals surface area contributed by atoms with Gasteiger partial charge in [-0.3, -0.25) is 4.90 Å². The van der Waals surface area contributed by atoms with Gasteiger partial charge in [0.15, 0.2) is 0 Å². The molecule has 100 valence electrons. The Labute approximate surface area is 109 Å². The van der Waals surface area contributed by atoms with E-state index in [1.165, 1.54) is 12.0 Å². The van der Waals surface area contributed by atoms with Crippen molar-refractivity contribution in [2.24, 2.45) is 5.92 Å². The van der Waals surface area contributed by atoms with Crippen LogP contribution in [0.25, 0.3) is 0 Å². The number of rotatable bonds is 4. The first kappa shape index (κ1) is 13.5. The number of nitrogens with zero attached hydrogens (tertiary/aromatic N) is 1. The zero-order valence-electron chi connectivity index (χ0n) is 11.5. The highest BCUT2D eigenvalue weighted by Gasteiger charge is 2.34. The van der Waals surface area contributed by atoms with Crippen molar-refractivity contribution < 1.29 is 4.39 Å². The lowest BCUT2D eigenvalue weighted by Crippen LogP contribution is -2.29. The van der Waals surface area contributed by atoms with E-state index in [1.54, 1.807) is 12.1 Å². The molecular formula is C15H23FN2. The summed E-state index contributed by atoms with van der Waals surface area (Å²) in [6.07, 6.45) is 1.22. The standard InChI is InChI=1S/C15H23FN2/c1-4-18-8-7-12(10-17-3)15(18)14-6-5-13(16)9-11(14)2/h5-6,9,12,15,17H,4,7-8,10H2,1-3H3. The van der Waals surface area contributed by atoms with E-state index in [1.807, 2.05) is 20.0 Å². The maximum atomic E-state index is 13.2. The van der Waals surface area contributed by atoms with Crippen molar-refractivity contribution in [2.45, 2.75) is 26.3 Å². The van der Waals surface area contributed by atoms with Gasteiger partial charge >= 0.3 is 0 Å². The largest absolute Gasteiger partial charge is 0.319 e. The van der Waals surface area contributed by atoms with Crippen LogP contribution in [0.2, 0.25) is 0 Å². The topological polar surface area (TPSA) is 15.3 Å². The first-order valence-corrected chi connectivity index (χ1v) is 6.82. The second-order valence-electron chi connectivity index (χ2n) is 5.18. The summed E-state index contributed by atoms with van der Waals surface area (Å²) < 4.78 is 13.2. The third-order valence-corrected chi connectivity index (χ3v) is 4.05. The van der Waals surface area contributed by atoms with Gasteiger partial charge in [0.1, 0.15) is 5.82 Å². The number of aryl methyl sites for hydroxylation is 1. The number of hydrogen-bond acceptors (Lipinski definition) is 2. The van der Waals surface area contributed by atoms with Crippen LogP contribution < -0.4 is 5.32 Å². The Bertz CT molecular complexity index is 405.